The van der Waals surface area contributed by atoms with Gasteiger partial charge in [0.2, 0.25) is 0 Å². The van der Waals surface area contributed by atoms with Crippen molar-refractivity contribution < 1.29 is 19.4 Å². The maximum absolute atomic E-state index is 11.8. The molecule has 2 aromatic carbocycles. The van der Waals surface area contributed by atoms with E-state index in [9.17, 15) is 9.59 Å². The smallest absolute Gasteiger partial charge is 0.408 e. The number of benzene rings is 2. The van der Waals surface area contributed by atoms with E-state index in [0.717, 1.165) is 16.7 Å². The summed E-state index contributed by atoms with van der Waals surface area (Å²) in [6.07, 6.45) is -0.762. The highest BCUT2D eigenvalue weighted by molar-refractivity contribution is 5.79. The molecule has 2 N–H and O–H groups in total. The van der Waals surface area contributed by atoms with Crippen molar-refractivity contribution in [3.05, 3.63) is 60.2 Å². The van der Waals surface area contributed by atoms with Crippen LogP contribution >= 0.6 is 0 Å². The van der Waals surface area contributed by atoms with Gasteiger partial charge in [0.15, 0.2) is 0 Å². The van der Waals surface area contributed by atoms with E-state index in [2.05, 4.69) is 5.32 Å². The molecule has 24 heavy (non-hydrogen) atoms. The lowest BCUT2D eigenvalue weighted by Crippen LogP contribution is -2.41. The molecular weight excluding hydrogens is 306 g/mol. The Bertz CT molecular complexity index is 708. The van der Waals surface area contributed by atoms with Crippen LogP contribution in [-0.2, 0) is 15.1 Å². The van der Waals surface area contributed by atoms with Gasteiger partial charge in [-0.2, -0.15) is 0 Å². The molecule has 0 aliphatic heterocycles. The molecule has 0 unspecified atom stereocenters. The maximum Gasteiger partial charge on any atom is 0.408 e. The van der Waals surface area contributed by atoms with Gasteiger partial charge in [-0.05, 0) is 37.5 Å². The predicted octanol–water partition coefficient (Wildman–Crippen LogP) is 3.79. The number of alkyl carbamates (subject to hydrolysis) is 1. The van der Waals surface area contributed by atoms with Crippen molar-refractivity contribution in [2.75, 3.05) is 0 Å². The Morgan fingerprint density at radius 3 is 2.08 bits per heavy atom. The monoisotopic (exact) mass is 327 g/mol. The van der Waals surface area contributed by atoms with Crippen molar-refractivity contribution in [1.29, 1.82) is 0 Å². The molecule has 0 aliphatic carbocycles. The Balaban J connectivity index is 2.09. The van der Waals surface area contributed by atoms with Gasteiger partial charge in [-0.25, -0.2) is 4.79 Å². The Morgan fingerprint density at radius 1 is 1.00 bits per heavy atom. The molecule has 0 aromatic heterocycles. The first-order valence-electron chi connectivity index (χ1n) is 7.68. The van der Waals surface area contributed by atoms with Gasteiger partial charge in [0.1, 0.15) is 11.6 Å². The highest BCUT2D eigenvalue weighted by atomic mass is 16.6. The number of amides is 1. The predicted molar refractivity (Wildman–Crippen MR) is 91.6 cm³/mol. The largest absolute Gasteiger partial charge is 0.480 e. The highest BCUT2D eigenvalue weighted by Gasteiger charge is 2.27. The van der Waals surface area contributed by atoms with Gasteiger partial charge in [0.05, 0.1) is 0 Å². The second kappa shape index (κ2) is 7.17. The van der Waals surface area contributed by atoms with Gasteiger partial charge in [0, 0.05) is 0 Å². The lowest BCUT2D eigenvalue weighted by atomic mass is 9.95. The SMILES string of the molecule is C[C@@H](NC(=O)OC(C)(C)c1ccc(-c2ccccc2)cc1)C(=O)O. The van der Waals surface area contributed by atoms with Crippen LogP contribution in [0.25, 0.3) is 11.1 Å². The molecule has 2 aromatic rings. The number of carbonyl (C=O) groups is 2. The van der Waals surface area contributed by atoms with E-state index in [0.29, 0.717) is 0 Å². The molecule has 0 saturated carbocycles. The molecule has 5 nitrogen and oxygen atoms in total. The minimum Gasteiger partial charge on any atom is -0.480 e. The zero-order valence-corrected chi connectivity index (χ0v) is 13.9. The fraction of sp³-hybridized carbons (Fsp3) is 0.263. The zero-order chi connectivity index (χ0) is 17.7. The molecule has 2 rings (SSSR count). The summed E-state index contributed by atoms with van der Waals surface area (Å²) in [5.74, 6) is -1.11. The third kappa shape index (κ3) is 4.35. The van der Waals surface area contributed by atoms with Crippen molar-refractivity contribution in [3.63, 3.8) is 0 Å². The second-order valence-electron chi connectivity index (χ2n) is 6.05. The summed E-state index contributed by atoms with van der Waals surface area (Å²) in [5, 5.41) is 11.1. The van der Waals surface area contributed by atoms with Gasteiger partial charge >= 0.3 is 12.1 Å². The van der Waals surface area contributed by atoms with Crippen LogP contribution in [-0.4, -0.2) is 23.2 Å². The molecule has 0 spiro atoms. The first-order chi connectivity index (χ1) is 11.3. The summed E-state index contributed by atoms with van der Waals surface area (Å²) in [6, 6.07) is 16.7. The number of hydrogen-bond acceptors (Lipinski definition) is 3. The fourth-order valence-corrected chi connectivity index (χ4v) is 2.25. The first-order valence-corrected chi connectivity index (χ1v) is 7.68. The van der Waals surface area contributed by atoms with Crippen LogP contribution in [0.1, 0.15) is 26.3 Å². The van der Waals surface area contributed by atoms with Crippen molar-refractivity contribution >= 4 is 12.1 Å². The number of carbonyl (C=O) groups excluding carboxylic acids is 1. The van der Waals surface area contributed by atoms with E-state index in [1.54, 1.807) is 13.8 Å². The van der Waals surface area contributed by atoms with Crippen molar-refractivity contribution in [3.8, 4) is 11.1 Å². The molecule has 0 fully saturated rings. The normalized spacial score (nSPS) is 12.3. The van der Waals surface area contributed by atoms with Crippen LogP contribution in [0.3, 0.4) is 0 Å². The minimum atomic E-state index is -1.11. The Morgan fingerprint density at radius 2 is 1.54 bits per heavy atom. The molecule has 0 bridgehead atoms. The molecule has 126 valence electrons. The van der Waals surface area contributed by atoms with E-state index >= 15 is 0 Å². The number of nitrogens with one attached hydrogen (secondary N) is 1. The summed E-state index contributed by atoms with van der Waals surface area (Å²) >= 11 is 0. The van der Waals surface area contributed by atoms with E-state index in [1.807, 2.05) is 54.6 Å². The number of hydrogen-bond donors (Lipinski definition) is 2. The van der Waals surface area contributed by atoms with Crippen LogP contribution in [0.15, 0.2) is 54.6 Å². The third-order valence-electron chi connectivity index (χ3n) is 3.74. The van der Waals surface area contributed by atoms with Gasteiger partial charge in [-0.1, -0.05) is 54.6 Å². The first kappa shape index (κ1) is 17.5. The summed E-state index contributed by atoms with van der Waals surface area (Å²) in [5.41, 5.74) is 2.12. The molecular formula is C19H21NO4. The third-order valence-corrected chi connectivity index (χ3v) is 3.74. The molecule has 0 heterocycles. The van der Waals surface area contributed by atoms with Crippen molar-refractivity contribution in [2.45, 2.75) is 32.4 Å². The van der Waals surface area contributed by atoms with E-state index in [-0.39, 0.29) is 0 Å². The quantitative estimate of drug-likeness (QED) is 0.876. The molecule has 1 amide bonds. The molecule has 0 radical (unpaired) electrons. The second-order valence-corrected chi connectivity index (χ2v) is 6.05. The summed E-state index contributed by atoms with van der Waals surface area (Å²) in [7, 11) is 0. The average molecular weight is 327 g/mol. The van der Waals surface area contributed by atoms with Crippen LogP contribution in [0.2, 0.25) is 0 Å². The molecule has 0 aliphatic rings. The van der Waals surface area contributed by atoms with Crippen LogP contribution in [0.5, 0.6) is 0 Å². The fourth-order valence-electron chi connectivity index (χ4n) is 2.25. The summed E-state index contributed by atoms with van der Waals surface area (Å²) in [4.78, 5) is 22.6. The van der Waals surface area contributed by atoms with E-state index in [1.165, 1.54) is 6.92 Å². The van der Waals surface area contributed by atoms with Crippen molar-refractivity contribution in [1.82, 2.24) is 5.32 Å². The summed E-state index contributed by atoms with van der Waals surface area (Å²) < 4.78 is 5.38. The van der Waals surface area contributed by atoms with Crippen molar-refractivity contribution in [2.24, 2.45) is 0 Å². The standard InChI is InChI=1S/C19H21NO4/c1-13(17(21)22)20-18(23)24-19(2,3)16-11-9-15(10-12-16)14-7-5-4-6-8-14/h4-13H,1-3H3,(H,20,23)(H,21,22)/t13-/m1/s1. The topological polar surface area (TPSA) is 75.6 Å². The van der Waals surface area contributed by atoms with E-state index < -0.39 is 23.7 Å². The number of rotatable bonds is 5. The van der Waals surface area contributed by atoms with Gasteiger partial charge in [-0.15, -0.1) is 0 Å². The summed E-state index contributed by atoms with van der Waals surface area (Å²) in [6.45, 7) is 4.90. The molecule has 0 saturated heterocycles. The van der Waals surface area contributed by atoms with Gasteiger partial charge < -0.3 is 15.2 Å². The molecule has 1 atom stereocenters. The maximum atomic E-state index is 11.8. The van der Waals surface area contributed by atoms with E-state index in [4.69, 9.17) is 9.84 Å². The Labute approximate surface area is 141 Å². The number of ether oxygens (including phenoxy) is 1. The highest BCUT2D eigenvalue weighted by Crippen LogP contribution is 2.27. The lowest BCUT2D eigenvalue weighted by Gasteiger charge is -2.26. The van der Waals surface area contributed by atoms with Gasteiger partial charge in [-0.3, -0.25) is 4.79 Å². The van der Waals surface area contributed by atoms with Crippen LogP contribution in [0, 0.1) is 0 Å². The zero-order valence-electron chi connectivity index (χ0n) is 13.9. The van der Waals surface area contributed by atoms with Crippen LogP contribution in [0.4, 0.5) is 4.79 Å². The van der Waals surface area contributed by atoms with Gasteiger partial charge in [0.25, 0.3) is 0 Å². The minimum absolute atomic E-state index is 0.762. The number of carboxylic acid groups (broad SMARTS) is 1. The Kier molecular flexibility index (Phi) is 5.24. The number of carboxylic acids is 1. The van der Waals surface area contributed by atoms with Crippen LogP contribution < -0.4 is 5.32 Å². The Hall–Kier alpha value is -2.82. The lowest BCUT2D eigenvalue weighted by molar-refractivity contribution is -0.139. The number of aliphatic carboxylic acids is 1. The average Bonchev–Trinajstić information content (AvgIpc) is 2.55. The molecule has 5 heteroatoms.